The largest absolute Gasteiger partial charge is 0.391 e. The Kier molecular flexibility index (Phi) is 3.18. The predicted molar refractivity (Wildman–Crippen MR) is 43.0 cm³/mol. The van der Waals surface area contributed by atoms with Crippen molar-refractivity contribution in [1.82, 2.24) is 0 Å². The molecule has 2 atom stereocenters. The van der Waals surface area contributed by atoms with Gasteiger partial charge in [-0.15, -0.1) is 0 Å². The second-order valence-electron chi connectivity index (χ2n) is 3.59. The molecule has 4 heteroatoms. The van der Waals surface area contributed by atoms with Gasteiger partial charge >= 0.3 is 6.18 Å². The smallest absolute Gasteiger partial charge is 0.317 e. The first-order valence-electron chi connectivity index (χ1n) is 4.44. The van der Waals surface area contributed by atoms with Crippen LogP contribution in [0.15, 0.2) is 0 Å². The van der Waals surface area contributed by atoms with Crippen molar-refractivity contribution in [3.63, 3.8) is 0 Å². The van der Waals surface area contributed by atoms with Gasteiger partial charge in [0, 0.05) is 6.42 Å². The van der Waals surface area contributed by atoms with Crippen LogP contribution < -0.4 is 0 Å². The summed E-state index contributed by atoms with van der Waals surface area (Å²) in [5.74, 6) is -0.982. The van der Waals surface area contributed by atoms with E-state index >= 15 is 0 Å². The Morgan fingerprint density at radius 1 is 1.31 bits per heavy atom. The molecule has 1 aliphatic rings. The highest BCUT2D eigenvalue weighted by molar-refractivity contribution is 4.81. The highest BCUT2D eigenvalue weighted by atomic mass is 19.4. The maximum absolute atomic E-state index is 12.2. The van der Waals surface area contributed by atoms with E-state index in [1.54, 1.807) is 0 Å². The highest BCUT2D eigenvalue weighted by Crippen LogP contribution is 2.42. The molecule has 0 heterocycles. The van der Waals surface area contributed by atoms with Crippen LogP contribution in [-0.2, 0) is 0 Å². The van der Waals surface area contributed by atoms with Gasteiger partial charge in [0.25, 0.3) is 0 Å². The van der Waals surface area contributed by atoms with Crippen molar-refractivity contribution in [1.29, 1.82) is 0 Å². The Hall–Kier alpha value is -0.720. The Morgan fingerprint density at radius 3 is 2.46 bits per heavy atom. The Morgan fingerprint density at radius 2 is 2.00 bits per heavy atom. The van der Waals surface area contributed by atoms with Crippen molar-refractivity contribution in [2.75, 3.05) is 6.54 Å². The van der Waals surface area contributed by atoms with Crippen LogP contribution in [0, 0.1) is 18.4 Å². The standard InChI is InChI=1S/C9H12F3N/c1-13-5-4-7-2-3-8(6-7)9(10,11)12/h7-8H,2-6H2. The van der Waals surface area contributed by atoms with Crippen LogP contribution in [0.2, 0.25) is 0 Å². The van der Waals surface area contributed by atoms with Gasteiger partial charge in [-0.25, -0.2) is 6.57 Å². The van der Waals surface area contributed by atoms with E-state index in [2.05, 4.69) is 4.85 Å². The summed E-state index contributed by atoms with van der Waals surface area (Å²) in [6.07, 6.45) is -2.26. The van der Waals surface area contributed by atoms with Crippen LogP contribution in [0.3, 0.4) is 0 Å². The first-order valence-corrected chi connectivity index (χ1v) is 4.44. The monoisotopic (exact) mass is 191 g/mol. The third-order valence-corrected chi connectivity index (χ3v) is 2.65. The fourth-order valence-electron chi connectivity index (χ4n) is 1.88. The second kappa shape index (κ2) is 3.99. The van der Waals surface area contributed by atoms with E-state index in [-0.39, 0.29) is 18.8 Å². The lowest BCUT2D eigenvalue weighted by atomic mass is 10.0. The van der Waals surface area contributed by atoms with E-state index in [0.29, 0.717) is 19.4 Å². The molecule has 0 N–H and O–H groups in total. The second-order valence-corrected chi connectivity index (χ2v) is 3.59. The number of alkyl halides is 3. The molecule has 1 rings (SSSR count). The van der Waals surface area contributed by atoms with Crippen LogP contribution in [-0.4, -0.2) is 12.7 Å². The molecule has 1 nitrogen and oxygen atoms in total. The summed E-state index contributed by atoms with van der Waals surface area (Å²) in [6, 6.07) is 0. The molecule has 0 saturated heterocycles. The van der Waals surface area contributed by atoms with Crippen molar-refractivity contribution < 1.29 is 13.2 Å². The fraction of sp³-hybridized carbons (Fsp3) is 0.889. The molecule has 1 aliphatic carbocycles. The van der Waals surface area contributed by atoms with Crippen molar-refractivity contribution in [3.8, 4) is 0 Å². The number of nitrogens with zero attached hydrogens (tertiary/aromatic N) is 1. The molecule has 0 radical (unpaired) electrons. The minimum atomic E-state index is -4.02. The zero-order valence-electron chi connectivity index (χ0n) is 7.27. The summed E-state index contributed by atoms with van der Waals surface area (Å²) >= 11 is 0. The molecule has 0 aliphatic heterocycles. The number of hydrogen-bond acceptors (Lipinski definition) is 0. The quantitative estimate of drug-likeness (QED) is 0.590. The number of hydrogen-bond donors (Lipinski definition) is 0. The van der Waals surface area contributed by atoms with Gasteiger partial charge in [-0.3, -0.25) is 0 Å². The summed E-state index contributed by atoms with van der Waals surface area (Å²) in [5.41, 5.74) is 0. The Balaban J connectivity index is 2.33. The third-order valence-electron chi connectivity index (χ3n) is 2.65. The summed E-state index contributed by atoms with van der Waals surface area (Å²) < 4.78 is 36.6. The van der Waals surface area contributed by atoms with E-state index in [4.69, 9.17) is 6.57 Å². The van der Waals surface area contributed by atoms with E-state index in [9.17, 15) is 13.2 Å². The SMILES string of the molecule is [C-]#[N+]CCC1CCC(C(F)(F)F)C1. The zero-order valence-corrected chi connectivity index (χ0v) is 7.27. The first-order chi connectivity index (χ1) is 6.04. The maximum atomic E-state index is 12.2. The maximum Gasteiger partial charge on any atom is 0.391 e. The van der Waals surface area contributed by atoms with E-state index in [0.717, 1.165) is 0 Å². The molecule has 74 valence electrons. The van der Waals surface area contributed by atoms with Crippen LogP contribution in [0.4, 0.5) is 13.2 Å². The summed E-state index contributed by atoms with van der Waals surface area (Å²) in [4.78, 5) is 3.16. The van der Waals surface area contributed by atoms with Crippen molar-refractivity contribution >= 4 is 0 Å². The summed E-state index contributed by atoms with van der Waals surface area (Å²) in [6.45, 7) is 6.91. The molecule has 0 aromatic heterocycles. The van der Waals surface area contributed by atoms with Crippen molar-refractivity contribution in [2.45, 2.75) is 31.9 Å². The van der Waals surface area contributed by atoms with E-state index in [1.165, 1.54) is 0 Å². The van der Waals surface area contributed by atoms with Crippen LogP contribution in [0.1, 0.15) is 25.7 Å². The normalized spacial score (nSPS) is 28.8. The minimum absolute atomic E-state index is 0.126. The highest BCUT2D eigenvalue weighted by Gasteiger charge is 2.43. The van der Waals surface area contributed by atoms with E-state index < -0.39 is 12.1 Å². The van der Waals surface area contributed by atoms with Gasteiger partial charge in [-0.05, 0) is 25.2 Å². The van der Waals surface area contributed by atoms with Gasteiger partial charge in [0.05, 0.1) is 5.92 Å². The molecule has 0 bridgehead atoms. The Bertz CT molecular complexity index is 204. The lowest BCUT2D eigenvalue weighted by Crippen LogP contribution is -2.20. The number of rotatable bonds is 2. The van der Waals surface area contributed by atoms with Crippen LogP contribution >= 0.6 is 0 Å². The summed E-state index contributed by atoms with van der Waals surface area (Å²) in [7, 11) is 0. The zero-order chi connectivity index (χ0) is 9.90. The van der Waals surface area contributed by atoms with Gasteiger partial charge < -0.3 is 4.85 Å². The average molecular weight is 191 g/mol. The lowest BCUT2D eigenvalue weighted by molar-refractivity contribution is -0.173. The van der Waals surface area contributed by atoms with E-state index in [1.807, 2.05) is 0 Å². The molecule has 0 spiro atoms. The van der Waals surface area contributed by atoms with Gasteiger partial charge in [0.2, 0.25) is 6.54 Å². The molecule has 2 unspecified atom stereocenters. The summed E-state index contributed by atoms with van der Waals surface area (Å²) in [5, 5.41) is 0. The fourth-order valence-corrected chi connectivity index (χ4v) is 1.88. The molecule has 1 fully saturated rings. The van der Waals surface area contributed by atoms with Crippen molar-refractivity contribution in [3.05, 3.63) is 11.4 Å². The Labute approximate surface area is 75.8 Å². The molecule has 13 heavy (non-hydrogen) atoms. The predicted octanol–water partition coefficient (Wildman–Crippen LogP) is 3.27. The van der Waals surface area contributed by atoms with Gasteiger partial charge in [0.15, 0.2) is 0 Å². The lowest BCUT2D eigenvalue weighted by Gasteiger charge is -2.13. The minimum Gasteiger partial charge on any atom is -0.317 e. The molecular formula is C9H12F3N. The molecule has 0 amide bonds. The first kappa shape index (κ1) is 10.4. The number of halogens is 3. The van der Waals surface area contributed by atoms with Gasteiger partial charge in [-0.2, -0.15) is 13.2 Å². The molecule has 0 aromatic carbocycles. The van der Waals surface area contributed by atoms with Gasteiger partial charge in [0.1, 0.15) is 0 Å². The molecular weight excluding hydrogens is 179 g/mol. The van der Waals surface area contributed by atoms with Crippen LogP contribution in [0.25, 0.3) is 4.85 Å². The van der Waals surface area contributed by atoms with Gasteiger partial charge in [-0.1, -0.05) is 0 Å². The molecule has 1 saturated carbocycles. The molecule has 0 aromatic rings. The van der Waals surface area contributed by atoms with Crippen LogP contribution in [0.5, 0.6) is 0 Å². The topological polar surface area (TPSA) is 4.36 Å². The average Bonchev–Trinajstić information content (AvgIpc) is 2.47. The third kappa shape index (κ3) is 2.91. The van der Waals surface area contributed by atoms with Crippen molar-refractivity contribution in [2.24, 2.45) is 11.8 Å².